The van der Waals surface area contributed by atoms with Crippen molar-refractivity contribution in [3.05, 3.63) is 28.5 Å². The summed E-state index contributed by atoms with van der Waals surface area (Å²) in [6.07, 6.45) is 3.52. The first-order valence-electron chi connectivity index (χ1n) is 6.34. The topological polar surface area (TPSA) is 65.4 Å². The molecule has 0 amide bonds. The molecule has 0 saturated carbocycles. The van der Waals surface area contributed by atoms with Crippen LogP contribution in [0.4, 0.5) is 0 Å². The molecule has 1 aliphatic heterocycles. The Bertz CT molecular complexity index is 395. The zero-order valence-electron chi connectivity index (χ0n) is 10.3. The van der Waals surface area contributed by atoms with E-state index in [0.717, 1.165) is 37.2 Å². The van der Waals surface area contributed by atoms with Gasteiger partial charge in [-0.15, -0.1) is 0 Å². The molecular weight excluding hydrogens is 252 g/mol. The lowest BCUT2D eigenvalue weighted by molar-refractivity contribution is 0.0954. The summed E-state index contributed by atoms with van der Waals surface area (Å²) in [6.45, 7) is 1.77. The summed E-state index contributed by atoms with van der Waals surface area (Å²) in [5.41, 5.74) is 1.82. The lowest BCUT2D eigenvalue weighted by Crippen LogP contribution is -2.27. The zero-order valence-corrected chi connectivity index (χ0v) is 11.0. The van der Waals surface area contributed by atoms with E-state index in [0.29, 0.717) is 17.4 Å². The van der Waals surface area contributed by atoms with Crippen molar-refractivity contribution in [3.63, 3.8) is 0 Å². The molecule has 1 atom stereocenters. The molecule has 2 heterocycles. The predicted molar refractivity (Wildman–Crippen MR) is 70.9 cm³/mol. The van der Waals surface area contributed by atoms with E-state index in [1.807, 2.05) is 6.07 Å². The summed E-state index contributed by atoms with van der Waals surface area (Å²) in [5.74, 6) is 0.426. The van der Waals surface area contributed by atoms with Gasteiger partial charge in [0.25, 0.3) is 0 Å². The third-order valence-electron chi connectivity index (χ3n) is 3.33. The van der Waals surface area contributed by atoms with Crippen LogP contribution in [0.5, 0.6) is 0 Å². The van der Waals surface area contributed by atoms with Gasteiger partial charge >= 0.3 is 0 Å². The highest BCUT2D eigenvalue weighted by atomic mass is 35.5. The highest BCUT2D eigenvalue weighted by Gasteiger charge is 2.19. The van der Waals surface area contributed by atoms with E-state index in [1.165, 1.54) is 0 Å². The molecule has 1 saturated heterocycles. The minimum Gasteiger partial charge on any atom is -0.394 e. The molecule has 0 radical (unpaired) electrons. The van der Waals surface area contributed by atoms with Crippen LogP contribution in [0.1, 0.15) is 30.0 Å². The van der Waals surface area contributed by atoms with Crippen molar-refractivity contribution in [1.29, 1.82) is 0 Å². The maximum Gasteiger partial charge on any atom is 0.0811 e. The van der Waals surface area contributed by atoms with Gasteiger partial charge in [0, 0.05) is 18.5 Å². The highest BCUT2D eigenvalue weighted by molar-refractivity contribution is 6.31. The number of hydrogen-bond acceptors (Lipinski definition) is 4. The second-order valence-corrected chi connectivity index (χ2v) is 5.18. The number of nitrogens with one attached hydrogen (secondary N) is 1. The molecule has 1 aromatic heterocycles. The van der Waals surface area contributed by atoms with Crippen molar-refractivity contribution in [2.24, 2.45) is 0 Å². The Morgan fingerprint density at radius 1 is 1.44 bits per heavy atom. The first-order chi connectivity index (χ1) is 8.70. The van der Waals surface area contributed by atoms with Crippen LogP contribution in [-0.2, 0) is 6.42 Å². The molecule has 4 nitrogen and oxygen atoms in total. The van der Waals surface area contributed by atoms with E-state index in [9.17, 15) is 5.11 Å². The fraction of sp³-hybridized carbons (Fsp3) is 0.615. The standard InChI is InChI=1S/C13H19ClN2O2/c14-12-6-9(5-11(18)8-17)7-16-13(12)10-1-3-15-4-2-10/h6-7,10-11,15,17-18H,1-5,8H2/t11-/m1/s1. The molecule has 1 aromatic rings. The molecule has 18 heavy (non-hydrogen) atoms. The third kappa shape index (κ3) is 3.42. The first kappa shape index (κ1) is 13.7. The minimum atomic E-state index is -0.743. The Kier molecular flexibility index (Phi) is 4.95. The number of nitrogens with zero attached hydrogens (tertiary/aromatic N) is 1. The molecule has 3 N–H and O–H groups in total. The van der Waals surface area contributed by atoms with E-state index in [4.69, 9.17) is 16.7 Å². The van der Waals surface area contributed by atoms with Crippen LogP contribution < -0.4 is 5.32 Å². The average molecular weight is 271 g/mol. The molecule has 0 spiro atoms. The van der Waals surface area contributed by atoms with Gasteiger partial charge in [0.1, 0.15) is 0 Å². The number of aromatic nitrogens is 1. The maximum absolute atomic E-state index is 9.39. The third-order valence-corrected chi connectivity index (χ3v) is 3.64. The van der Waals surface area contributed by atoms with Crippen molar-refractivity contribution in [2.75, 3.05) is 19.7 Å². The van der Waals surface area contributed by atoms with E-state index in [-0.39, 0.29) is 6.61 Å². The molecule has 1 aliphatic rings. The van der Waals surface area contributed by atoms with Gasteiger partial charge in [-0.05, 0) is 37.6 Å². The van der Waals surface area contributed by atoms with Crippen LogP contribution in [0, 0.1) is 0 Å². The first-order valence-corrected chi connectivity index (χ1v) is 6.72. The van der Waals surface area contributed by atoms with Crippen LogP contribution in [0.3, 0.4) is 0 Å². The summed E-state index contributed by atoms with van der Waals surface area (Å²) in [5, 5.41) is 22.2. The van der Waals surface area contributed by atoms with Crippen molar-refractivity contribution in [3.8, 4) is 0 Å². The van der Waals surface area contributed by atoms with Crippen LogP contribution in [0.2, 0.25) is 5.02 Å². The summed E-state index contributed by atoms with van der Waals surface area (Å²) in [6, 6.07) is 1.85. The second-order valence-electron chi connectivity index (χ2n) is 4.78. The largest absolute Gasteiger partial charge is 0.394 e. The Hall–Kier alpha value is -0.680. The van der Waals surface area contributed by atoms with Crippen LogP contribution in [0.25, 0.3) is 0 Å². The fourth-order valence-corrected chi connectivity index (χ4v) is 2.68. The molecule has 0 aromatic carbocycles. The molecule has 0 unspecified atom stereocenters. The van der Waals surface area contributed by atoms with Crippen LogP contribution in [-0.4, -0.2) is 41.0 Å². The van der Waals surface area contributed by atoms with E-state index in [1.54, 1.807) is 6.20 Å². The summed E-state index contributed by atoms with van der Waals surface area (Å²) >= 11 is 6.26. The van der Waals surface area contributed by atoms with E-state index >= 15 is 0 Å². The fourth-order valence-electron chi connectivity index (χ4n) is 2.33. The number of pyridine rings is 1. The van der Waals surface area contributed by atoms with Crippen LogP contribution >= 0.6 is 11.6 Å². The Morgan fingerprint density at radius 2 is 2.17 bits per heavy atom. The van der Waals surface area contributed by atoms with Gasteiger partial charge < -0.3 is 15.5 Å². The van der Waals surface area contributed by atoms with Gasteiger partial charge in [-0.1, -0.05) is 11.6 Å². The molecule has 100 valence electrons. The van der Waals surface area contributed by atoms with Gasteiger partial charge in [0.15, 0.2) is 0 Å². The molecule has 5 heteroatoms. The molecule has 0 bridgehead atoms. The lowest BCUT2D eigenvalue weighted by Gasteiger charge is -2.23. The normalized spacial score (nSPS) is 18.8. The van der Waals surface area contributed by atoms with Gasteiger partial charge in [-0.25, -0.2) is 0 Å². The smallest absolute Gasteiger partial charge is 0.0811 e. The SMILES string of the molecule is OC[C@H](O)Cc1cnc(C2CCNCC2)c(Cl)c1. The van der Waals surface area contributed by atoms with Crippen molar-refractivity contribution >= 4 is 11.6 Å². The van der Waals surface area contributed by atoms with Crippen molar-refractivity contribution < 1.29 is 10.2 Å². The Morgan fingerprint density at radius 3 is 2.78 bits per heavy atom. The van der Waals surface area contributed by atoms with Crippen molar-refractivity contribution in [2.45, 2.75) is 31.3 Å². The number of rotatable bonds is 4. The number of aliphatic hydroxyl groups excluding tert-OH is 2. The van der Waals surface area contributed by atoms with Crippen LogP contribution in [0.15, 0.2) is 12.3 Å². The maximum atomic E-state index is 9.39. The summed E-state index contributed by atoms with van der Waals surface area (Å²) in [7, 11) is 0. The number of aliphatic hydroxyl groups is 2. The van der Waals surface area contributed by atoms with Crippen molar-refractivity contribution in [1.82, 2.24) is 10.3 Å². The number of halogens is 1. The molecular formula is C13H19ClN2O2. The Labute approximate surface area is 112 Å². The molecule has 1 fully saturated rings. The van der Waals surface area contributed by atoms with Gasteiger partial charge in [-0.3, -0.25) is 4.98 Å². The highest BCUT2D eigenvalue weighted by Crippen LogP contribution is 2.29. The second kappa shape index (κ2) is 6.48. The molecule has 2 rings (SSSR count). The van der Waals surface area contributed by atoms with E-state index in [2.05, 4.69) is 10.3 Å². The number of hydrogen-bond donors (Lipinski definition) is 3. The number of piperidine rings is 1. The quantitative estimate of drug-likeness (QED) is 0.767. The minimum absolute atomic E-state index is 0.242. The Balaban J connectivity index is 2.09. The van der Waals surface area contributed by atoms with Gasteiger partial charge in [0.05, 0.1) is 23.4 Å². The van der Waals surface area contributed by atoms with Gasteiger partial charge in [0.2, 0.25) is 0 Å². The average Bonchev–Trinajstić information content (AvgIpc) is 2.40. The zero-order chi connectivity index (χ0) is 13.0. The monoisotopic (exact) mass is 270 g/mol. The summed E-state index contributed by atoms with van der Waals surface area (Å²) in [4.78, 5) is 4.44. The van der Waals surface area contributed by atoms with E-state index < -0.39 is 6.10 Å². The summed E-state index contributed by atoms with van der Waals surface area (Å²) < 4.78 is 0. The lowest BCUT2D eigenvalue weighted by atomic mass is 9.93. The van der Waals surface area contributed by atoms with Gasteiger partial charge in [-0.2, -0.15) is 0 Å². The molecule has 0 aliphatic carbocycles. The predicted octanol–water partition coefficient (Wildman–Crippen LogP) is 1.10.